The van der Waals surface area contributed by atoms with Crippen molar-refractivity contribution in [3.63, 3.8) is 0 Å². The lowest BCUT2D eigenvalue weighted by Crippen LogP contribution is -2.30. The van der Waals surface area contributed by atoms with Crippen LogP contribution in [-0.4, -0.2) is 37.2 Å². The fourth-order valence-electron chi connectivity index (χ4n) is 8.21. The van der Waals surface area contributed by atoms with Gasteiger partial charge in [-0.3, -0.25) is 14.4 Å². The molecule has 1 atom stereocenters. The first-order valence-electron chi connectivity index (χ1n) is 32.0. The molecule has 1 unspecified atom stereocenters. The number of ether oxygens (including phenoxy) is 3. The van der Waals surface area contributed by atoms with Crippen LogP contribution in [0.5, 0.6) is 0 Å². The van der Waals surface area contributed by atoms with Crippen molar-refractivity contribution in [3.05, 3.63) is 158 Å². The highest BCUT2D eigenvalue weighted by molar-refractivity contribution is 5.71. The van der Waals surface area contributed by atoms with Gasteiger partial charge in [-0.25, -0.2) is 0 Å². The topological polar surface area (TPSA) is 78.9 Å². The first-order chi connectivity index (χ1) is 39.0. The second kappa shape index (κ2) is 65.5. The fourth-order valence-corrected chi connectivity index (χ4v) is 8.21. The van der Waals surface area contributed by atoms with Gasteiger partial charge in [0.05, 0.1) is 0 Å². The first-order valence-corrected chi connectivity index (χ1v) is 32.0. The lowest BCUT2D eigenvalue weighted by atomic mass is 10.1. The maximum atomic E-state index is 12.8. The van der Waals surface area contributed by atoms with E-state index in [0.29, 0.717) is 19.3 Å². The minimum atomic E-state index is -0.806. The predicted octanol–water partition coefficient (Wildman–Crippen LogP) is 22.1. The van der Waals surface area contributed by atoms with Crippen molar-refractivity contribution in [2.45, 2.75) is 271 Å². The molecule has 444 valence electrons. The second-order valence-electron chi connectivity index (χ2n) is 20.6. The number of rotatable bonds is 56. The molecule has 0 bridgehead atoms. The zero-order chi connectivity index (χ0) is 57.1. The molecule has 0 fully saturated rings. The summed E-state index contributed by atoms with van der Waals surface area (Å²) in [6.07, 6.45) is 95.4. The maximum Gasteiger partial charge on any atom is 0.306 e. The summed E-state index contributed by atoms with van der Waals surface area (Å²) in [5, 5.41) is 0. The average Bonchev–Trinajstić information content (AvgIpc) is 3.45. The summed E-state index contributed by atoms with van der Waals surface area (Å²) < 4.78 is 16.8. The molecule has 0 aromatic heterocycles. The van der Waals surface area contributed by atoms with Crippen LogP contribution in [0.4, 0.5) is 0 Å². The van der Waals surface area contributed by atoms with Crippen LogP contribution in [-0.2, 0) is 28.6 Å². The molecule has 0 aromatic carbocycles. The van der Waals surface area contributed by atoms with E-state index < -0.39 is 6.10 Å². The van der Waals surface area contributed by atoms with E-state index in [0.717, 1.165) is 180 Å². The highest BCUT2D eigenvalue weighted by Gasteiger charge is 2.19. The van der Waals surface area contributed by atoms with Gasteiger partial charge in [-0.05, 0) is 148 Å². The van der Waals surface area contributed by atoms with Gasteiger partial charge in [-0.1, -0.05) is 256 Å². The Bertz CT molecular complexity index is 1780. The van der Waals surface area contributed by atoms with Crippen LogP contribution in [0.1, 0.15) is 265 Å². The smallest absolute Gasteiger partial charge is 0.306 e. The zero-order valence-electron chi connectivity index (χ0n) is 50.8. The van der Waals surface area contributed by atoms with Crippen molar-refractivity contribution in [3.8, 4) is 0 Å². The summed E-state index contributed by atoms with van der Waals surface area (Å²) in [4.78, 5) is 38.2. The number of unbranched alkanes of at least 4 members (excludes halogenated alkanes) is 19. The van der Waals surface area contributed by atoms with Crippen LogP contribution in [0.25, 0.3) is 0 Å². The summed E-state index contributed by atoms with van der Waals surface area (Å²) in [6, 6.07) is 0. The second-order valence-corrected chi connectivity index (χ2v) is 20.6. The van der Waals surface area contributed by atoms with Gasteiger partial charge in [0, 0.05) is 19.3 Å². The number of allylic oxidation sites excluding steroid dienone is 26. The van der Waals surface area contributed by atoms with Gasteiger partial charge in [0.1, 0.15) is 13.2 Å². The SMILES string of the molecule is CC/C=C\C/C=C\C/C=C\C/C=C\C/C=C\C/C=C\C/C=C\C/C=C\C/C=C\C/C=C\CCCCCCC(=O)OCC(COC(=O)CCCCCCC/C=C\CCCCCC)OC(=O)CCCCCCC/C=C\C/C=C\CCC. The molecule has 0 rings (SSSR count). The molecule has 6 nitrogen and oxygen atoms in total. The van der Waals surface area contributed by atoms with Crippen LogP contribution in [0.3, 0.4) is 0 Å². The number of hydrogen-bond acceptors (Lipinski definition) is 6. The lowest BCUT2D eigenvalue weighted by Gasteiger charge is -2.18. The van der Waals surface area contributed by atoms with Crippen molar-refractivity contribution in [2.24, 2.45) is 0 Å². The Labute approximate surface area is 486 Å². The Balaban J connectivity index is 4.31. The van der Waals surface area contributed by atoms with Crippen LogP contribution in [0.15, 0.2) is 158 Å². The molecule has 0 N–H and O–H groups in total. The van der Waals surface area contributed by atoms with E-state index in [9.17, 15) is 14.4 Å². The molecule has 0 heterocycles. The Hall–Kier alpha value is -4.97. The zero-order valence-corrected chi connectivity index (χ0v) is 50.8. The number of esters is 3. The number of hydrogen-bond donors (Lipinski definition) is 0. The Morgan fingerprint density at radius 3 is 0.835 bits per heavy atom. The highest BCUT2D eigenvalue weighted by atomic mass is 16.6. The van der Waals surface area contributed by atoms with Crippen molar-refractivity contribution >= 4 is 17.9 Å². The van der Waals surface area contributed by atoms with E-state index in [4.69, 9.17) is 14.2 Å². The molecular weight excluding hydrogens is 973 g/mol. The summed E-state index contributed by atoms with van der Waals surface area (Å²) >= 11 is 0. The van der Waals surface area contributed by atoms with Gasteiger partial charge >= 0.3 is 17.9 Å². The van der Waals surface area contributed by atoms with Crippen molar-refractivity contribution in [1.82, 2.24) is 0 Å². The molecule has 79 heavy (non-hydrogen) atoms. The normalized spacial score (nSPS) is 13.2. The van der Waals surface area contributed by atoms with E-state index in [1.807, 2.05) is 0 Å². The minimum Gasteiger partial charge on any atom is -0.462 e. The maximum absolute atomic E-state index is 12.8. The molecule has 0 saturated heterocycles. The molecule has 0 aliphatic heterocycles. The Kier molecular flexibility index (Phi) is 61.4. The van der Waals surface area contributed by atoms with E-state index in [1.165, 1.54) is 44.9 Å². The van der Waals surface area contributed by atoms with Crippen LogP contribution < -0.4 is 0 Å². The van der Waals surface area contributed by atoms with Crippen LogP contribution in [0, 0.1) is 0 Å². The quantitative estimate of drug-likeness (QED) is 0.0261. The molecule has 0 aliphatic rings. The third-order valence-electron chi connectivity index (χ3n) is 13.0. The van der Waals surface area contributed by atoms with E-state index >= 15 is 0 Å². The molecule has 0 amide bonds. The summed E-state index contributed by atoms with van der Waals surface area (Å²) in [7, 11) is 0. The van der Waals surface area contributed by atoms with Crippen LogP contribution in [0.2, 0.25) is 0 Å². The molecule has 6 heteroatoms. The third-order valence-corrected chi connectivity index (χ3v) is 13.0. The fraction of sp³-hybridized carbons (Fsp3) is 0.603. The van der Waals surface area contributed by atoms with Gasteiger partial charge in [0.2, 0.25) is 0 Å². The Morgan fingerprint density at radius 2 is 0.519 bits per heavy atom. The standard InChI is InChI=1S/C73H116O6/c1-4-7-10-13-16-19-22-25-26-27-28-29-30-31-32-33-34-35-36-37-38-39-40-41-42-43-44-45-46-49-51-54-57-60-63-66-72(75)78-69-70(79-73(76)67-64-61-58-55-52-48-24-21-18-15-12-9-6-3)68-77-71(74)65-62-59-56-53-50-47-23-20-17-14-11-8-5-2/h7,10,12,15-16,19-21,23-26,28-29,31-32,34-35,37-38,40-41,43-44,46,49,70H,4-6,8-9,11,13-14,17-18,22,27,30,33,36,39,42,45,47-48,50-69H2,1-3H3/b10-7-,15-12-,19-16-,23-20-,24-21-,26-25-,29-28-,32-31-,35-34-,38-37-,41-40-,44-43-,49-46-. The number of carbonyl (C=O) groups is 3. The predicted molar refractivity (Wildman–Crippen MR) is 343 cm³/mol. The minimum absolute atomic E-state index is 0.101. The lowest BCUT2D eigenvalue weighted by molar-refractivity contribution is -0.167. The molecule has 0 saturated carbocycles. The first kappa shape index (κ1) is 74.0. The monoisotopic (exact) mass is 1090 g/mol. The molecule has 0 spiro atoms. The van der Waals surface area contributed by atoms with Gasteiger partial charge in [-0.15, -0.1) is 0 Å². The van der Waals surface area contributed by atoms with Crippen molar-refractivity contribution in [1.29, 1.82) is 0 Å². The van der Waals surface area contributed by atoms with E-state index in [-0.39, 0.29) is 31.1 Å². The van der Waals surface area contributed by atoms with E-state index in [2.05, 4.69) is 179 Å². The molecule has 0 aromatic rings. The van der Waals surface area contributed by atoms with Gasteiger partial charge < -0.3 is 14.2 Å². The Morgan fingerprint density at radius 1 is 0.266 bits per heavy atom. The summed E-state index contributed by atoms with van der Waals surface area (Å²) in [5.74, 6) is -0.955. The van der Waals surface area contributed by atoms with Gasteiger partial charge in [-0.2, -0.15) is 0 Å². The van der Waals surface area contributed by atoms with Gasteiger partial charge in [0.15, 0.2) is 6.10 Å². The van der Waals surface area contributed by atoms with Crippen molar-refractivity contribution < 1.29 is 28.6 Å². The summed E-state index contributed by atoms with van der Waals surface area (Å²) in [6.45, 7) is 6.39. The molecule has 0 aliphatic carbocycles. The summed E-state index contributed by atoms with van der Waals surface area (Å²) in [5.41, 5.74) is 0. The molecule has 0 radical (unpaired) electrons. The van der Waals surface area contributed by atoms with Gasteiger partial charge in [0.25, 0.3) is 0 Å². The van der Waals surface area contributed by atoms with Crippen LogP contribution >= 0.6 is 0 Å². The van der Waals surface area contributed by atoms with Crippen molar-refractivity contribution in [2.75, 3.05) is 13.2 Å². The van der Waals surface area contributed by atoms with E-state index in [1.54, 1.807) is 0 Å². The largest absolute Gasteiger partial charge is 0.462 e. The number of carbonyl (C=O) groups excluding carboxylic acids is 3. The average molecular weight is 1090 g/mol. The molecular formula is C73H116O6. The third kappa shape index (κ3) is 63.7. The highest BCUT2D eigenvalue weighted by Crippen LogP contribution is 2.13.